The number of carbonyl (C=O) groups is 1. The van der Waals surface area contributed by atoms with Crippen molar-refractivity contribution in [3.8, 4) is 0 Å². The molecule has 1 amide bonds. The smallest absolute Gasteiger partial charge is 0.410 e. The fraction of sp³-hybridized carbons (Fsp3) is 0.478. The predicted octanol–water partition coefficient (Wildman–Crippen LogP) is 3.68. The minimum atomic E-state index is -3.20. The molecule has 2 heterocycles. The number of methoxy groups -OCH3 is 1. The third-order valence-electron chi connectivity index (χ3n) is 4.96. The number of nitrogens with one attached hydrogen (secondary N) is 1. The molecule has 0 spiro atoms. The summed E-state index contributed by atoms with van der Waals surface area (Å²) in [4.78, 5) is 18.6. The molecule has 0 saturated heterocycles. The highest BCUT2D eigenvalue weighted by Gasteiger charge is 2.26. The summed E-state index contributed by atoms with van der Waals surface area (Å²) in [6.07, 6.45) is 2.25. The van der Waals surface area contributed by atoms with Crippen LogP contribution in [0.4, 0.5) is 16.3 Å². The van der Waals surface area contributed by atoms with Gasteiger partial charge in [0.2, 0.25) is 0 Å². The van der Waals surface area contributed by atoms with E-state index in [0.29, 0.717) is 18.9 Å². The molecule has 0 atom stereocenters. The summed E-state index contributed by atoms with van der Waals surface area (Å²) in [5.41, 5.74) is 3.14. The van der Waals surface area contributed by atoms with Crippen molar-refractivity contribution in [2.75, 3.05) is 31.3 Å². The van der Waals surface area contributed by atoms with Gasteiger partial charge in [-0.05, 0) is 62.1 Å². The van der Waals surface area contributed by atoms with E-state index in [2.05, 4.69) is 10.3 Å². The van der Waals surface area contributed by atoms with Crippen molar-refractivity contribution in [2.24, 2.45) is 0 Å². The molecule has 2 aromatic rings. The lowest BCUT2D eigenvalue weighted by molar-refractivity contribution is 0.0224. The number of sulfone groups is 1. The molecular weight excluding hydrogens is 430 g/mol. The van der Waals surface area contributed by atoms with Crippen molar-refractivity contribution in [3.63, 3.8) is 0 Å². The van der Waals surface area contributed by atoms with Gasteiger partial charge in [0.15, 0.2) is 9.84 Å². The Kier molecular flexibility index (Phi) is 7.40. The molecule has 0 unspecified atom stereocenters. The number of aromatic nitrogens is 1. The Morgan fingerprint density at radius 2 is 1.91 bits per heavy atom. The van der Waals surface area contributed by atoms with Gasteiger partial charge in [-0.15, -0.1) is 0 Å². The molecule has 0 fully saturated rings. The number of anilines is 2. The van der Waals surface area contributed by atoms with Crippen LogP contribution in [0.15, 0.2) is 36.5 Å². The first-order valence-electron chi connectivity index (χ1n) is 10.6. The van der Waals surface area contributed by atoms with Gasteiger partial charge in [0.1, 0.15) is 11.4 Å². The molecule has 1 aromatic carbocycles. The maximum absolute atomic E-state index is 12.4. The number of hydrogen-bond donors (Lipinski definition) is 1. The molecule has 1 N–H and O–H groups in total. The number of amides is 1. The van der Waals surface area contributed by atoms with Crippen LogP contribution in [0.2, 0.25) is 0 Å². The quantitative estimate of drug-likeness (QED) is 0.672. The zero-order valence-corrected chi connectivity index (χ0v) is 19.9. The van der Waals surface area contributed by atoms with Gasteiger partial charge in [-0.3, -0.25) is 0 Å². The zero-order valence-electron chi connectivity index (χ0n) is 19.1. The Balaban J connectivity index is 1.64. The number of hydrogen-bond acceptors (Lipinski definition) is 7. The van der Waals surface area contributed by atoms with E-state index in [4.69, 9.17) is 9.47 Å². The van der Waals surface area contributed by atoms with Crippen LogP contribution >= 0.6 is 0 Å². The van der Waals surface area contributed by atoms with Crippen LogP contribution in [0.3, 0.4) is 0 Å². The number of fused-ring (bicyclic) bond motifs is 1. The van der Waals surface area contributed by atoms with Gasteiger partial charge in [0.25, 0.3) is 0 Å². The summed E-state index contributed by atoms with van der Waals surface area (Å²) in [5, 5.41) is 3.25. The molecule has 1 aliphatic rings. The van der Waals surface area contributed by atoms with Gasteiger partial charge in [-0.2, -0.15) is 0 Å². The Labute approximate surface area is 189 Å². The molecule has 32 heavy (non-hydrogen) atoms. The molecule has 0 aliphatic carbocycles. The molecule has 1 aromatic heterocycles. The number of rotatable bonds is 7. The van der Waals surface area contributed by atoms with E-state index in [1.807, 2.05) is 45.2 Å². The predicted molar refractivity (Wildman–Crippen MR) is 124 cm³/mol. The van der Waals surface area contributed by atoms with Gasteiger partial charge in [-0.25, -0.2) is 18.2 Å². The maximum atomic E-state index is 12.4. The largest absolute Gasteiger partial charge is 0.444 e. The molecule has 0 radical (unpaired) electrons. The highest BCUT2D eigenvalue weighted by Crippen LogP contribution is 2.24. The standard InChI is InChI=1S/C23H31N3O5S/c1-23(2,3)31-22(27)26-10-9-18-14-24-21(13-19(18)15-26)25-20-7-5-17(6-8-20)16-32(28,29)12-11-30-4/h5-8,13-14H,9-12,15-16H2,1-4H3,(H,24,25). The van der Waals surface area contributed by atoms with Gasteiger partial charge in [0, 0.05) is 32.1 Å². The average molecular weight is 462 g/mol. The molecule has 8 nitrogen and oxygen atoms in total. The molecular formula is C23H31N3O5S. The van der Waals surface area contributed by atoms with Crippen molar-refractivity contribution in [3.05, 3.63) is 53.2 Å². The highest BCUT2D eigenvalue weighted by atomic mass is 32.2. The van der Waals surface area contributed by atoms with Gasteiger partial charge >= 0.3 is 6.09 Å². The van der Waals surface area contributed by atoms with Crippen LogP contribution in [0.5, 0.6) is 0 Å². The van der Waals surface area contributed by atoms with Crippen molar-refractivity contribution in [1.29, 1.82) is 0 Å². The molecule has 3 rings (SSSR count). The highest BCUT2D eigenvalue weighted by molar-refractivity contribution is 7.90. The van der Waals surface area contributed by atoms with E-state index in [9.17, 15) is 13.2 Å². The van der Waals surface area contributed by atoms with Crippen molar-refractivity contribution in [2.45, 2.75) is 45.1 Å². The van der Waals surface area contributed by atoms with E-state index in [-0.39, 0.29) is 24.2 Å². The van der Waals surface area contributed by atoms with E-state index in [1.54, 1.807) is 17.0 Å². The second-order valence-corrected chi connectivity index (χ2v) is 11.1. The molecule has 9 heteroatoms. The third kappa shape index (κ3) is 6.93. The van der Waals surface area contributed by atoms with Crippen LogP contribution in [0.25, 0.3) is 0 Å². The number of nitrogens with zero attached hydrogens (tertiary/aromatic N) is 2. The van der Waals surface area contributed by atoms with E-state index >= 15 is 0 Å². The number of carbonyl (C=O) groups excluding carboxylic acids is 1. The van der Waals surface area contributed by atoms with Crippen molar-refractivity contribution in [1.82, 2.24) is 9.88 Å². The monoisotopic (exact) mass is 461 g/mol. The van der Waals surface area contributed by atoms with Gasteiger partial charge in [0.05, 0.1) is 18.1 Å². The molecule has 1 aliphatic heterocycles. The first-order chi connectivity index (χ1) is 15.0. The summed E-state index contributed by atoms with van der Waals surface area (Å²) in [5.74, 6) is 0.646. The van der Waals surface area contributed by atoms with E-state index < -0.39 is 15.4 Å². The van der Waals surface area contributed by atoms with Gasteiger partial charge < -0.3 is 19.7 Å². The Morgan fingerprint density at radius 1 is 1.19 bits per heavy atom. The zero-order chi connectivity index (χ0) is 23.4. The third-order valence-corrected chi connectivity index (χ3v) is 6.52. The summed E-state index contributed by atoms with van der Waals surface area (Å²) in [6, 6.07) is 9.17. The summed E-state index contributed by atoms with van der Waals surface area (Å²) in [6.45, 7) is 6.83. The lowest BCUT2D eigenvalue weighted by atomic mass is 10.0. The van der Waals surface area contributed by atoms with Crippen molar-refractivity contribution >= 4 is 27.4 Å². The first-order valence-corrected chi connectivity index (χ1v) is 12.4. The second-order valence-electron chi connectivity index (χ2n) is 8.90. The minimum absolute atomic E-state index is 0.00284. The summed E-state index contributed by atoms with van der Waals surface area (Å²) in [7, 11) is -1.72. The average Bonchev–Trinajstić information content (AvgIpc) is 2.72. The lowest BCUT2D eigenvalue weighted by Crippen LogP contribution is -2.39. The van der Waals surface area contributed by atoms with Crippen LogP contribution in [0, 0.1) is 0 Å². The normalized spacial score (nSPS) is 14.1. The maximum Gasteiger partial charge on any atom is 0.410 e. The second kappa shape index (κ2) is 9.87. The van der Waals surface area contributed by atoms with Crippen LogP contribution in [0.1, 0.15) is 37.5 Å². The topological polar surface area (TPSA) is 97.8 Å². The Morgan fingerprint density at radius 3 is 2.56 bits per heavy atom. The van der Waals surface area contributed by atoms with E-state index in [0.717, 1.165) is 28.8 Å². The van der Waals surface area contributed by atoms with Gasteiger partial charge in [-0.1, -0.05) is 12.1 Å². The fourth-order valence-corrected chi connectivity index (χ4v) is 4.62. The summed E-state index contributed by atoms with van der Waals surface area (Å²) < 4.78 is 34.5. The lowest BCUT2D eigenvalue weighted by Gasteiger charge is -2.31. The first kappa shape index (κ1) is 24.0. The summed E-state index contributed by atoms with van der Waals surface area (Å²) >= 11 is 0. The number of benzene rings is 1. The number of pyridine rings is 1. The fourth-order valence-electron chi connectivity index (χ4n) is 3.36. The van der Waals surface area contributed by atoms with Crippen LogP contribution in [-0.2, 0) is 38.0 Å². The van der Waals surface area contributed by atoms with Crippen molar-refractivity contribution < 1.29 is 22.7 Å². The molecule has 174 valence electrons. The molecule has 0 bridgehead atoms. The van der Waals surface area contributed by atoms with E-state index in [1.165, 1.54) is 7.11 Å². The Bertz CT molecular complexity index is 1050. The van der Waals surface area contributed by atoms with Crippen LogP contribution in [-0.4, -0.2) is 56.0 Å². The minimum Gasteiger partial charge on any atom is -0.444 e. The number of ether oxygens (including phenoxy) is 2. The molecule has 0 saturated carbocycles. The Hall–Kier alpha value is -2.65. The van der Waals surface area contributed by atoms with Crippen LogP contribution < -0.4 is 5.32 Å². The SMILES string of the molecule is COCCS(=O)(=O)Cc1ccc(Nc2cc3c(cn2)CCN(C(=O)OC(C)(C)C)C3)cc1.